The van der Waals surface area contributed by atoms with Gasteiger partial charge in [-0.3, -0.25) is 0 Å². The van der Waals surface area contributed by atoms with Crippen molar-refractivity contribution in [3.8, 4) is 5.75 Å². The number of nitrogens with zero attached hydrogens (tertiary/aromatic N) is 1. The highest BCUT2D eigenvalue weighted by Crippen LogP contribution is 2.30. The minimum atomic E-state index is 0.648. The molecule has 1 heterocycles. The van der Waals surface area contributed by atoms with E-state index in [9.17, 15) is 0 Å². The molecule has 0 atom stereocenters. The topological polar surface area (TPSA) is 26.6 Å². The van der Waals surface area contributed by atoms with Crippen molar-refractivity contribution in [3.63, 3.8) is 0 Å². The molecular formula is C27H29N2O+. The van der Waals surface area contributed by atoms with Crippen LogP contribution in [0.5, 0.6) is 5.75 Å². The smallest absolute Gasteiger partial charge is 0.211 e. The summed E-state index contributed by atoms with van der Waals surface area (Å²) in [5.74, 6) is 0.925. The molecule has 4 aromatic rings. The Hall–Kier alpha value is -3.33. The van der Waals surface area contributed by atoms with Crippen LogP contribution in [0, 0.1) is 0 Å². The lowest BCUT2D eigenvalue weighted by Crippen LogP contribution is -2.21. The Morgan fingerprint density at radius 1 is 0.800 bits per heavy atom. The lowest BCUT2D eigenvalue weighted by molar-refractivity contribution is -0.310. The van der Waals surface area contributed by atoms with Crippen molar-refractivity contribution in [1.82, 2.24) is 0 Å². The molecule has 0 unspecified atom stereocenters. The van der Waals surface area contributed by atoms with Crippen molar-refractivity contribution in [1.29, 1.82) is 0 Å². The van der Waals surface area contributed by atoms with Crippen molar-refractivity contribution in [2.75, 3.05) is 24.6 Å². The largest absolute Gasteiger partial charge is 0.493 e. The zero-order valence-corrected chi connectivity index (χ0v) is 18.0. The van der Waals surface area contributed by atoms with Gasteiger partial charge >= 0.3 is 0 Å². The second-order valence-corrected chi connectivity index (χ2v) is 7.29. The predicted molar refractivity (Wildman–Crippen MR) is 128 cm³/mol. The van der Waals surface area contributed by atoms with Crippen molar-refractivity contribution < 1.29 is 9.72 Å². The molecule has 1 N–H and O–H groups in total. The van der Waals surface area contributed by atoms with E-state index in [4.69, 9.17) is 4.74 Å². The van der Waals surface area contributed by atoms with E-state index in [0.717, 1.165) is 35.4 Å². The summed E-state index contributed by atoms with van der Waals surface area (Å²) in [5, 5.41) is 2.43. The van der Waals surface area contributed by atoms with Crippen LogP contribution in [0.1, 0.15) is 31.9 Å². The van der Waals surface area contributed by atoms with Crippen LogP contribution in [0.15, 0.2) is 66.7 Å². The van der Waals surface area contributed by atoms with Gasteiger partial charge < -0.3 is 9.64 Å². The highest BCUT2D eigenvalue weighted by atomic mass is 16.5. The fraction of sp³-hybridized carbons (Fsp3) is 0.222. The Kier molecular flexibility index (Phi) is 5.99. The SMILES string of the molecule is CCOc1cc(N(CC)CC)ccc1/C=C/c1c2ccccc2[nH+]c2ccccc12. The summed E-state index contributed by atoms with van der Waals surface area (Å²) in [5.41, 5.74) is 5.78. The summed E-state index contributed by atoms with van der Waals surface area (Å²) < 4.78 is 6.00. The molecule has 0 aliphatic heterocycles. The van der Waals surface area contributed by atoms with Gasteiger partial charge in [0.05, 0.1) is 17.4 Å². The number of anilines is 1. The van der Waals surface area contributed by atoms with Gasteiger partial charge in [0.15, 0.2) is 0 Å². The standard InChI is InChI=1S/C27H28N2O/c1-4-29(5-2)21-17-15-20(27(19-21)30-6-3)16-18-22-23-11-7-9-13-25(23)28-26-14-10-8-12-24(22)26/h7-19H,4-6H2,1-3H3/p+1/b18-16+. The highest BCUT2D eigenvalue weighted by molar-refractivity contribution is 6.01. The Balaban J connectivity index is 1.82. The molecule has 0 aliphatic carbocycles. The minimum Gasteiger partial charge on any atom is -0.493 e. The van der Waals surface area contributed by atoms with Gasteiger partial charge in [-0.15, -0.1) is 0 Å². The third-order valence-corrected chi connectivity index (χ3v) is 5.56. The van der Waals surface area contributed by atoms with Crippen molar-refractivity contribution in [2.24, 2.45) is 0 Å². The molecule has 1 aromatic heterocycles. The van der Waals surface area contributed by atoms with E-state index in [-0.39, 0.29) is 0 Å². The molecule has 3 nitrogen and oxygen atoms in total. The first-order chi connectivity index (χ1) is 14.7. The van der Waals surface area contributed by atoms with Crippen LogP contribution in [0.25, 0.3) is 34.0 Å². The number of benzene rings is 3. The molecule has 152 valence electrons. The van der Waals surface area contributed by atoms with Crippen LogP contribution in [-0.4, -0.2) is 19.7 Å². The van der Waals surface area contributed by atoms with Gasteiger partial charge in [0.1, 0.15) is 5.75 Å². The average molecular weight is 398 g/mol. The molecule has 0 saturated carbocycles. The molecule has 3 heteroatoms. The maximum absolute atomic E-state index is 6.00. The maximum atomic E-state index is 6.00. The summed E-state index contributed by atoms with van der Waals surface area (Å²) in [7, 11) is 0. The Labute approximate surface area is 178 Å². The van der Waals surface area contributed by atoms with Crippen molar-refractivity contribution in [2.45, 2.75) is 20.8 Å². The summed E-state index contributed by atoms with van der Waals surface area (Å²) >= 11 is 0. The Morgan fingerprint density at radius 3 is 2.03 bits per heavy atom. The van der Waals surface area contributed by atoms with Crippen LogP contribution in [-0.2, 0) is 0 Å². The maximum Gasteiger partial charge on any atom is 0.211 e. The van der Waals surface area contributed by atoms with Gasteiger partial charge in [0.25, 0.3) is 0 Å². The highest BCUT2D eigenvalue weighted by Gasteiger charge is 2.12. The number of hydrogen-bond acceptors (Lipinski definition) is 2. The van der Waals surface area contributed by atoms with Gasteiger partial charge in [-0.1, -0.05) is 36.4 Å². The fourth-order valence-corrected chi connectivity index (χ4v) is 4.02. The minimum absolute atomic E-state index is 0.648. The van der Waals surface area contributed by atoms with E-state index < -0.39 is 0 Å². The first-order valence-corrected chi connectivity index (χ1v) is 10.8. The number of para-hydroxylation sites is 2. The van der Waals surface area contributed by atoms with Crippen molar-refractivity contribution in [3.05, 3.63) is 77.9 Å². The van der Waals surface area contributed by atoms with Gasteiger partial charge in [0.2, 0.25) is 11.0 Å². The number of aromatic nitrogens is 1. The van der Waals surface area contributed by atoms with Gasteiger partial charge in [0, 0.05) is 48.1 Å². The zero-order chi connectivity index (χ0) is 20.9. The van der Waals surface area contributed by atoms with Crippen LogP contribution in [0.3, 0.4) is 0 Å². The molecule has 0 bridgehead atoms. The van der Waals surface area contributed by atoms with Gasteiger partial charge in [-0.25, -0.2) is 4.98 Å². The normalized spacial score (nSPS) is 11.4. The van der Waals surface area contributed by atoms with Gasteiger partial charge in [-0.05, 0) is 45.0 Å². The molecular weight excluding hydrogens is 368 g/mol. The number of nitrogens with one attached hydrogen (secondary N) is 1. The third kappa shape index (κ3) is 3.88. The first-order valence-electron chi connectivity index (χ1n) is 10.8. The average Bonchev–Trinajstić information content (AvgIpc) is 2.78. The second-order valence-electron chi connectivity index (χ2n) is 7.29. The van der Waals surface area contributed by atoms with Crippen LogP contribution in [0.4, 0.5) is 5.69 Å². The lowest BCUT2D eigenvalue weighted by Gasteiger charge is -2.22. The molecule has 0 fully saturated rings. The Morgan fingerprint density at radius 2 is 1.43 bits per heavy atom. The molecule has 0 aliphatic rings. The summed E-state index contributed by atoms with van der Waals surface area (Å²) in [4.78, 5) is 5.89. The molecule has 4 rings (SSSR count). The molecule has 0 amide bonds. The molecule has 0 radical (unpaired) electrons. The van der Waals surface area contributed by atoms with Gasteiger partial charge in [-0.2, -0.15) is 0 Å². The second kappa shape index (κ2) is 9.00. The van der Waals surface area contributed by atoms with E-state index >= 15 is 0 Å². The van der Waals surface area contributed by atoms with E-state index in [1.165, 1.54) is 22.0 Å². The molecule has 30 heavy (non-hydrogen) atoms. The van der Waals surface area contributed by atoms with E-state index in [0.29, 0.717) is 6.61 Å². The number of rotatable bonds is 7. The number of H-pyrrole nitrogens is 1. The zero-order valence-electron chi connectivity index (χ0n) is 18.0. The molecule has 0 spiro atoms. The Bertz CT molecular complexity index is 1140. The number of ether oxygens (including phenoxy) is 1. The molecule has 3 aromatic carbocycles. The van der Waals surface area contributed by atoms with E-state index in [1.807, 2.05) is 6.92 Å². The van der Waals surface area contributed by atoms with Crippen LogP contribution < -0.4 is 14.6 Å². The summed E-state index contributed by atoms with van der Waals surface area (Å²) in [6.07, 6.45) is 4.39. The third-order valence-electron chi connectivity index (χ3n) is 5.56. The number of fused-ring (bicyclic) bond motifs is 2. The number of aromatic amines is 1. The predicted octanol–water partition coefficient (Wildman–Crippen LogP) is 6.22. The quantitative estimate of drug-likeness (QED) is 0.346. The molecule has 0 saturated heterocycles. The lowest BCUT2D eigenvalue weighted by atomic mass is 10.0. The summed E-state index contributed by atoms with van der Waals surface area (Å²) in [6.45, 7) is 9.01. The fourth-order valence-electron chi connectivity index (χ4n) is 4.02. The van der Waals surface area contributed by atoms with Crippen LogP contribution in [0.2, 0.25) is 0 Å². The van der Waals surface area contributed by atoms with Crippen molar-refractivity contribution >= 4 is 39.6 Å². The van der Waals surface area contributed by atoms with Crippen LogP contribution >= 0.6 is 0 Å². The number of hydrogen-bond donors (Lipinski definition) is 0. The van der Waals surface area contributed by atoms with E-state index in [2.05, 4.69) is 103 Å². The first kappa shape index (κ1) is 20.0. The summed E-state index contributed by atoms with van der Waals surface area (Å²) in [6, 6.07) is 23.4. The van der Waals surface area contributed by atoms with E-state index in [1.54, 1.807) is 0 Å². The number of pyridine rings is 1. The monoisotopic (exact) mass is 397 g/mol.